The number of nitrogens with one attached hydrogen (secondary N) is 1. The van der Waals surface area contributed by atoms with Crippen LogP contribution >= 0.6 is 11.6 Å². The van der Waals surface area contributed by atoms with E-state index >= 15 is 0 Å². The summed E-state index contributed by atoms with van der Waals surface area (Å²) in [6, 6.07) is 7.34. The first-order valence-corrected chi connectivity index (χ1v) is 7.19. The Morgan fingerprint density at radius 2 is 1.65 bits per heavy atom. The average Bonchev–Trinajstić information content (AvgIpc) is 2.38. The fourth-order valence-electron chi connectivity index (χ4n) is 1.48. The quantitative estimate of drug-likeness (QED) is 0.854. The number of hydrogen-bond acceptors (Lipinski definition) is 3. The monoisotopic (exact) mass is 318 g/mol. The van der Waals surface area contributed by atoms with Crippen LogP contribution in [0.3, 0.4) is 0 Å². The molecular formula is C12H9ClF2N2O2S. The van der Waals surface area contributed by atoms with Gasteiger partial charge in [-0.2, -0.15) is 0 Å². The lowest BCUT2D eigenvalue weighted by Crippen LogP contribution is -2.15. The van der Waals surface area contributed by atoms with Gasteiger partial charge >= 0.3 is 0 Å². The number of nitrogens with two attached hydrogens (primary N) is 1. The van der Waals surface area contributed by atoms with E-state index in [1.807, 2.05) is 0 Å². The maximum absolute atomic E-state index is 13.7. The van der Waals surface area contributed by atoms with Crippen LogP contribution in [0.4, 0.5) is 20.2 Å². The van der Waals surface area contributed by atoms with Gasteiger partial charge in [-0.25, -0.2) is 17.2 Å². The van der Waals surface area contributed by atoms with Crippen LogP contribution in [0.5, 0.6) is 0 Å². The van der Waals surface area contributed by atoms with E-state index in [1.54, 1.807) is 0 Å². The molecule has 0 unspecified atom stereocenters. The van der Waals surface area contributed by atoms with Crippen molar-refractivity contribution in [3.8, 4) is 0 Å². The van der Waals surface area contributed by atoms with Crippen molar-refractivity contribution in [1.29, 1.82) is 0 Å². The second-order valence-corrected chi connectivity index (χ2v) is 5.97. The standard InChI is InChI=1S/C12H9ClF2N2O2S/c13-7-1-3-8(4-2-7)17-20(18,19)10-6-5-9(14)12(16)11(10)15/h1-6,17H,16H2. The number of hydrogen-bond donors (Lipinski definition) is 2. The number of sulfonamides is 1. The number of benzene rings is 2. The molecule has 3 N–H and O–H groups in total. The molecule has 106 valence electrons. The molecule has 2 aromatic carbocycles. The molecule has 0 atom stereocenters. The van der Waals surface area contributed by atoms with Gasteiger partial charge in [0, 0.05) is 10.7 Å². The average molecular weight is 319 g/mol. The lowest BCUT2D eigenvalue weighted by molar-refractivity contribution is 0.557. The van der Waals surface area contributed by atoms with Crippen molar-refractivity contribution in [3.63, 3.8) is 0 Å². The SMILES string of the molecule is Nc1c(F)ccc(S(=O)(=O)Nc2ccc(Cl)cc2)c1F. The summed E-state index contributed by atoms with van der Waals surface area (Å²) in [5.74, 6) is -2.35. The predicted molar refractivity (Wildman–Crippen MR) is 73.0 cm³/mol. The van der Waals surface area contributed by atoms with E-state index in [-0.39, 0.29) is 5.69 Å². The zero-order valence-electron chi connectivity index (χ0n) is 9.90. The van der Waals surface area contributed by atoms with Crippen LogP contribution in [0.1, 0.15) is 0 Å². The van der Waals surface area contributed by atoms with Crippen molar-refractivity contribution in [2.24, 2.45) is 0 Å². The lowest BCUT2D eigenvalue weighted by Gasteiger charge is -2.10. The van der Waals surface area contributed by atoms with Gasteiger partial charge in [-0.3, -0.25) is 4.72 Å². The summed E-state index contributed by atoms with van der Waals surface area (Å²) < 4.78 is 52.9. The van der Waals surface area contributed by atoms with Crippen LogP contribution in [-0.2, 0) is 10.0 Å². The lowest BCUT2D eigenvalue weighted by atomic mass is 10.3. The van der Waals surface area contributed by atoms with Gasteiger partial charge in [0.1, 0.15) is 16.4 Å². The minimum atomic E-state index is -4.21. The van der Waals surface area contributed by atoms with Crippen LogP contribution in [-0.4, -0.2) is 8.42 Å². The van der Waals surface area contributed by atoms with Crippen LogP contribution in [0, 0.1) is 11.6 Å². The summed E-state index contributed by atoms with van der Waals surface area (Å²) in [6.45, 7) is 0. The summed E-state index contributed by atoms with van der Waals surface area (Å²) >= 11 is 5.67. The van der Waals surface area contributed by atoms with Gasteiger partial charge in [0.15, 0.2) is 5.82 Å². The molecule has 8 heteroatoms. The molecule has 0 aliphatic heterocycles. The number of nitrogen functional groups attached to an aromatic ring is 1. The largest absolute Gasteiger partial charge is 0.394 e. The molecule has 2 aromatic rings. The Kier molecular flexibility index (Phi) is 3.82. The van der Waals surface area contributed by atoms with Gasteiger partial charge in [0.25, 0.3) is 10.0 Å². The normalized spacial score (nSPS) is 11.3. The minimum absolute atomic E-state index is 0.191. The molecule has 4 nitrogen and oxygen atoms in total. The van der Waals surface area contributed by atoms with Crippen LogP contribution in [0.2, 0.25) is 5.02 Å². The Bertz CT molecular complexity index is 749. The highest BCUT2D eigenvalue weighted by Gasteiger charge is 2.22. The molecule has 0 aliphatic rings. The van der Waals surface area contributed by atoms with E-state index in [4.69, 9.17) is 17.3 Å². The summed E-state index contributed by atoms with van der Waals surface area (Å²) in [5, 5.41) is 0.421. The Balaban J connectivity index is 2.41. The third-order valence-electron chi connectivity index (χ3n) is 2.48. The highest BCUT2D eigenvalue weighted by molar-refractivity contribution is 7.92. The molecule has 2 rings (SSSR count). The Morgan fingerprint density at radius 3 is 2.25 bits per heavy atom. The first-order valence-electron chi connectivity index (χ1n) is 5.33. The van der Waals surface area contributed by atoms with Crippen molar-refractivity contribution >= 4 is 33.0 Å². The summed E-state index contributed by atoms with van der Waals surface area (Å²) in [5.41, 5.74) is 4.48. The van der Waals surface area contributed by atoms with Gasteiger partial charge < -0.3 is 5.73 Å². The van der Waals surface area contributed by atoms with E-state index < -0.39 is 32.2 Å². The molecule has 0 saturated carbocycles. The van der Waals surface area contributed by atoms with Crippen LogP contribution in [0.15, 0.2) is 41.3 Å². The van der Waals surface area contributed by atoms with Gasteiger partial charge in [-0.1, -0.05) is 11.6 Å². The molecular weight excluding hydrogens is 310 g/mol. The van der Waals surface area contributed by atoms with Gasteiger partial charge in [0.2, 0.25) is 0 Å². The second kappa shape index (κ2) is 5.26. The molecule has 0 spiro atoms. The first-order chi connectivity index (χ1) is 9.31. The Labute approximate surface area is 119 Å². The summed E-state index contributed by atoms with van der Waals surface area (Å²) in [7, 11) is -4.21. The molecule has 0 radical (unpaired) electrons. The van der Waals surface area contributed by atoms with Crippen molar-refractivity contribution in [3.05, 3.63) is 53.1 Å². The molecule has 20 heavy (non-hydrogen) atoms. The maximum Gasteiger partial charge on any atom is 0.264 e. The van der Waals surface area contributed by atoms with Crippen LogP contribution in [0.25, 0.3) is 0 Å². The van der Waals surface area contributed by atoms with E-state index in [1.165, 1.54) is 24.3 Å². The predicted octanol–water partition coefficient (Wildman–Crippen LogP) is 3.00. The van der Waals surface area contributed by atoms with Crippen LogP contribution < -0.4 is 10.5 Å². The van der Waals surface area contributed by atoms with E-state index in [0.717, 1.165) is 12.1 Å². The molecule has 0 heterocycles. The molecule has 0 bridgehead atoms. The summed E-state index contributed by atoms with van der Waals surface area (Å²) in [6.07, 6.45) is 0. The van der Waals surface area contributed by atoms with Crippen molar-refractivity contribution in [2.75, 3.05) is 10.5 Å². The van der Waals surface area contributed by atoms with E-state index in [0.29, 0.717) is 5.02 Å². The van der Waals surface area contributed by atoms with Gasteiger partial charge in [-0.15, -0.1) is 0 Å². The van der Waals surface area contributed by atoms with E-state index in [9.17, 15) is 17.2 Å². The van der Waals surface area contributed by atoms with Gasteiger partial charge in [-0.05, 0) is 36.4 Å². The molecule has 0 amide bonds. The molecule has 0 aromatic heterocycles. The van der Waals surface area contributed by atoms with Gasteiger partial charge in [0.05, 0.1) is 0 Å². The number of halogens is 3. The van der Waals surface area contributed by atoms with E-state index in [2.05, 4.69) is 4.72 Å². The van der Waals surface area contributed by atoms with Crippen molar-refractivity contribution in [2.45, 2.75) is 4.90 Å². The van der Waals surface area contributed by atoms with Crippen molar-refractivity contribution in [1.82, 2.24) is 0 Å². The minimum Gasteiger partial charge on any atom is -0.394 e. The number of rotatable bonds is 3. The third-order valence-corrected chi connectivity index (χ3v) is 4.13. The topological polar surface area (TPSA) is 72.2 Å². The Morgan fingerprint density at radius 1 is 1.05 bits per heavy atom. The smallest absolute Gasteiger partial charge is 0.264 e. The van der Waals surface area contributed by atoms with Crippen molar-refractivity contribution < 1.29 is 17.2 Å². The molecule has 0 fully saturated rings. The molecule has 0 aliphatic carbocycles. The highest BCUT2D eigenvalue weighted by atomic mass is 35.5. The second-order valence-electron chi connectivity index (χ2n) is 3.89. The summed E-state index contributed by atoms with van der Waals surface area (Å²) in [4.78, 5) is -0.730. The number of anilines is 2. The Hall–Kier alpha value is -1.86. The zero-order valence-corrected chi connectivity index (χ0v) is 11.5. The molecule has 0 saturated heterocycles. The highest BCUT2D eigenvalue weighted by Crippen LogP contribution is 2.25. The zero-order chi connectivity index (χ0) is 14.9. The fraction of sp³-hybridized carbons (Fsp3) is 0. The first kappa shape index (κ1) is 14.5. The third kappa shape index (κ3) is 2.83. The fourth-order valence-corrected chi connectivity index (χ4v) is 2.76. The maximum atomic E-state index is 13.7.